The monoisotopic (exact) mass is 346 g/mol. The Morgan fingerprint density at radius 1 is 1.21 bits per heavy atom. The van der Waals surface area contributed by atoms with Crippen LogP contribution >= 0.6 is 11.6 Å². The predicted molar refractivity (Wildman–Crippen MR) is 98.8 cm³/mol. The molecule has 0 fully saturated rings. The molecule has 24 heavy (non-hydrogen) atoms. The van der Waals surface area contributed by atoms with Crippen LogP contribution in [0.15, 0.2) is 35.5 Å². The molecule has 0 radical (unpaired) electrons. The first kappa shape index (κ1) is 18.1. The Bertz CT molecular complexity index is 731. The van der Waals surface area contributed by atoms with Crippen molar-refractivity contribution in [3.8, 4) is 5.75 Å². The lowest BCUT2D eigenvalue weighted by Gasteiger charge is -2.15. The van der Waals surface area contributed by atoms with E-state index in [1.807, 2.05) is 44.3 Å². The molecule has 0 aliphatic heterocycles. The van der Waals surface area contributed by atoms with E-state index in [4.69, 9.17) is 16.3 Å². The smallest absolute Gasteiger partial charge is 0.191 e. The van der Waals surface area contributed by atoms with Crippen LogP contribution in [0.3, 0.4) is 0 Å². The van der Waals surface area contributed by atoms with Gasteiger partial charge in [-0.25, -0.2) is 0 Å². The number of hydrogen-bond donors (Lipinski definition) is 2. The van der Waals surface area contributed by atoms with Gasteiger partial charge in [0.2, 0.25) is 0 Å². The second kappa shape index (κ2) is 8.55. The van der Waals surface area contributed by atoms with E-state index in [-0.39, 0.29) is 0 Å². The molecular weight excluding hydrogens is 324 g/mol. The molecule has 2 N–H and O–H groups in total. The number of methoxy groups -OCH3 is 1. The molecule has 0 amide bonds. The van der Waals surface area contributed by atoms with Gasteiger partial charge in [-0.2, -0.15) is 0 Å². The standard InChI is InChI=1S/C18H23ClN4O/c1-12-9-21-16(13(2)17(12)24-4)11-23-18(20-3)22-10-14-7-5-6-8-15(14)19/h5-9H,10-11H2,1-4H3,(H2,20,22,23). The Kier molecular flexibility index (Phi) is 6.44. The van der Waals surface area contributed by atoms with Gasteiger partial charge in [0.25, 0.3) is 0 Å². The third-order valence-corrected chi connectivity index (χ3v) is 4.17. The van der Waals surface area contributed by atoms with Crippen molar-refractivity contribution in [1.29, 1.82) is 0 Å². The number of pyridine rings is 1. The molecule has 1 aromatic carbocycles. The average Bonchev–Trinajstić information content (AvgIpc) is 2.58. The number of hydrogen-bond acceptors (Lipinski definition) is 3. The van der Waals surface area contributed by atoms with Crippen LogP contribution in [-0.4, -0.2) is 25.1 Å². The summed E-state index contributed by atoms with van der Waals surface area (Å²) in [6.07, 6.45) is 1.82. The van der Waals surface area contributed by atoms with Crippen LogP contribution in [0.1, 0.15) is 22.4 Å². The molecule has 2 aromatic rings. The second-order valence-electron chi connectivity index (χ2n) is 5.42. The largest absolute Gasteiger partial charge is 0.496 e. The molecule has 0 spiro atoms. The van der Waals surface area contributed by atoms with Gasteiger partial charge in [-0.05, 0) is 25.5 Å². The Hall–Kier alpha value is -2.27. The van der Waals surface area contributed by atoms with E-state index >= 15 is 0 Å². The minimum atomic E-state index is 0.560. The number of aliphatic imine (C=N–C) groups is 1. The van der Waals surface area contributed by atoms with Gasteiger partial charge in [-0.1, -0.05) is 29.8 Å². The number of guanidine groups is 1. The summed E-state index contributed by atoms with van der Waals surface area (Å²) in [7, 11) is 3.41. The Labute approximate surface area is 148 Å². The van der Waals surface area contributed by atoms with Crippen LogP contribution in [0, 0.1) is 13.8 Å². The maximum Gasteiger partial charge on any atom is 0.191 e. The predicted octanol–water partition coefficient (Wildman–Crippen LogP) is 3.23. The third-order valence-electron chi connectivity index (χ3n) is 3.80. The van der Waals surface area contributed by atoms with E-state index in [1.54, 1.807) is 14.2 Å². The van der Waals surface area contributed by atoms with E-state index in [9.17, 15) is 0 Å². The molecule has 5 nitrogen and oxygen atoms in total. The van der Waals surface area contributed by atoms with Crippen molar-refractivity contribution in [2.24, 2.45) is 4.99 Å². The number of aryl methyl sites for hydroxylation is 1. The van der Waals surface area contributed by atoms with Crippen molar-refractivity contribution < 1.29 is 4.74 Å². The molecule has 1 heterocycles. The van der Waals surface area contributed by atoms with E-state index in [0.717, 1.165) is 33.2 Å². The van der Waals surface area contributed by atoms with Crippen molar-refractivity contribution in [2.45, 2.75) is 26.9 Å². The van der Waals surface area contributed by atoms with E-state index in [1.165, 1.54) is 0 Å². The zero-order valence-corrected chi connectivity index (χ0v) is 15.2. The lowest BCUT2D eigenvalue weighted by Crippen LogP contribution is -2.36. The normalized spacial score (nSPS) is 11.3. The lowest BCUT2D eigenvalue weighted by atomic mass is 10.1. The van der Waals surface area contributed by atoms with Crippen LogP contribution in [-0.2, 0) is 13.1 Å². The van der Waals surface area contributed by atoms with Crippen LogP contribution < -0.4 is 15.4 Å². The fraction of sp³-hybridized carbons (Fsp3) is 0.333. The molecule has 128 valence electrons. The minimum Gasteiger partial charge on any atom is -0.496 e. The number of rotatable bonds is 5. The molecule has 0 saturated heterocycles. The number of nitrogens with zero attached hydrogens (tertiary/aromatic N) is 2. The van der Waals surface area contributed by atoms with Gasteiger partial charge in [0.05, 0.1) is 19.3 Å². The van der Waals surface area contributed by atoms with Crippen LogP contribution in [0.2, 0.25) is 5.02 Å². The summed E-state index contributed by atoms with van der Waals surface area (Å²) in [5, 5.41) is 7.25. The molecule has 2 rings (SSSR count). The Balaban J connectivity index is 1.98. The highest BCUT2D eigenvalue weighted by atomic mass is 35.5. The molecule has 0 unspecified atom stereocenters. The van der Waals surface area contributed by atoms with Gasteiger partial charge in [-0.15, -0.1) is 0 Å². The van der Waals surface area contributed by atoms with Crippen LogP contribution in [0.5, 0.6) is 5.75 Å². The lowest BCUT2D eigenvalue weighted by molar-refractivity contribution is 0.406. The molecule has 0 aliphatic rings. The summed E-state index contributed by atoms with van der Waals surface area (Å²) in [6, 6.07) is 7.74. The van der Waals surface area contributed by atoms with Crippen molar-refractivity contribution >= 4 is 17.6 Å². The second-order valence-corrected chi connectivity index (χ2v) is 5.82. The first-order chi connectivity index (χ1) is 11.6. The Morgan fingerprint density at radius 3 is 2.58 bits per heavy atom. The number of ether oxygens (including phenoxy) is 1. The third kappa shape index (κ3) is 4.38. The number of halogens is 1. The Morgan fingerprint density at radius 2 is 1.92 bits per heavy atom. The fourth-order valence-electron chi connectivity index (χ4n) is 2.46. The van der Waals surface area contributed by atoms with Gasteiger partial charge < -0.3 is 15.4 Å². The maximum absolute atomic E-state index is 6.17. The molecule has 0 saturated carbocycles. The number of benzene rings is 1. The quantitative estimate of drug-likeness (QED) is 0.644. The molecule has 0 bridgehead atoms. The van der Waals surface area contributed by atoms with Crippen LogP contribution in [0.25, 0.3) is 0 Å². The summed E-state index contributed by atoms with van der Waals surface area (Å²) in [5.74, 6) is 1.57. The number of aromatic nitrogens is 1. The highest BCUT2D eigenvalue weighted by Crippen LogP contribution is 2.23. The summed E-state index contributed by atoms with van der Waals surface area (Å²) < 4.78 is 5.44. The molecule has 0 aliphatic carbocycles. The minimum absolute atomic E-state index is 0.560. The number of nitrogens with one attached hydrogen (secondary N) is 2. The maximum atomic E-state index is 6.17. The zero-order valence-electron chi connectivity index (χ0n) is 14.5. The van der Waals surface area contributed by atoms with Crippen molar-refractivity contribution in [3.63, 3.8) is 0 Å². The van der Waals surface area contributed by atoms with Gasteiger partial charge in [0.15, 0.2) is 5.96 Å². The van der Waals surface area contributed by atoms with E-state index in [0.29, 0.717) is 19.0 Å². The summed E-state index contributed by atoms with van der Waals surface area (Å²) in [5.41, 5.74) is 4.01. The first-order valence-corrected chi connectivity index (χ1v) is 8.11. The van der Waals surface area contributed by atoms with Gasteiger partial charge >= 0.3 is 0 Å². The molecule has 1 aromatic heterocycles. The fourth-order valence-corrected chi connectivity index (χ4v) is 2.66. The van der Waals surface area contributed by atoms with E-state index < -0.39 is 0 Å². The van der Waals surface area contributed by atoms with E-state index in [2.05, 4.69) is 20.6 Å². The highest BCUT2D eigenvalue weighted by Gasteiger charge is 2.10. The van der Waals surface area contributed by atoms with Crippen molar-refractivity contribution in [3.05, 3.63) is 57.9 Å². The molecule has 0 atom stereocenters. The summed E-state index contributed by atoms with van der Waals surface area (Å²) in [4.78, 5) is 8.71. The highest BCUT2D eigenvalue weighted by molar-refractivity contribution is 6.31. The SMILES string of the molecule is CN=C(NCc1ccccc1Cl)NCc1ncc(C)c(OC)c1C. The molecule has 6 heteroatoms. The first-order valence-electron chi connectivity index (χ1n) is 7.73. The van der Waals surface area contributed by atoms with Gasteiger partial charge in [-0.3, -0.25) is 9.98 Å². The van der Waals surface area contributed by atoms with Crippen molar-refractivity contribution in [1.82, 2.24) is 15.6 Å². The van der Waals surface area contributed by atoms with Gasteiger partial charge in [0, 0.05) is 35.9 Å². The van der Waals surface area contributed by atoms with Crippen molar-refractivity contribution in [2.75, 3.05) is 14.2 Å². The summed E-state index contributed by atoms with van der Waals surface area (Å²) in [6.45, 7) is 5.16. The average molecular weight is 347 g/mol. The van der Waals surface area contributed by atoms with Crippen LogP contribution in [0.4, 0.5) is 0 Å². The zero-order chi connectivity index (χ0) is 17.5. The molecular formula is C18H23ClN4O. The van der Waals surface area contributed by atoms with Gasteiger partial charge in [0.1, 0.15) is 5.75 Å². The summed E-state index contributed by atoms with van der Waals surface area (Å²) >= 11 is 6.17. The topological polar surface area (TPSA) is 58.5 Å².